The number of hydrogen-bond donors (Lipinski definition) is 1. The van der Waals surface area contributed by atoms with Gasteiger partial charge in [0.15, 0.2) is 17.4 Å². The lowest BCUT2D eigenvalue weighted by atomic mass is 10.1. The number of fused-ring (bicyclic) bond motifs is 1. The van der Waals surface area contributed by atoms with Crippen LogP contribution in [-0.4, -0.2) is 51.9 Å². The number of imide groups is 1. The molecule has 2 unspecified atom stereocenters. The van der Waals surface area contributed by atoms with Crippen molar-refractivity contribution in [2.24, 2.45) is 4.99 Å². The molecule has 2 aliphatic rings. The van der Waals surface area contributed by atoms with Crippen LogP contribution in [-0.2, 0) is 11.3 Å². The summed E-state index contributed by atoms with van der Waals surface area (Å²) in [4.78, 5) is 33.0. The number of carbonyl (C=O) groups is 2. The van der Waals surface area contributed by atoms with Crippen molar-refractivity contribution in [2.45, 2.75) is 77.0 Å². The van der Waals surface area contributed by atoms with E-state index in [1.54, 1.807) is 18.8 Å². The fourth-order valence-electron chi connectivity index (χ4n) is 4.00. The Balaban J connectivity index is 1.60. The molecule has 0 aliphatic carbocycles. The Kier molecular flexibility index (Phi) is 9.08. The molecule has 3 rings (SSSR count). The van der Waals surface area contributed by atoms with Crippen molar-refractivity contribution in [1.29, 1.82) is 0 Å². The summed E-state index contributed by atoms with van der Waals surface area (Å²) in [6, 6.07) is 6.72. The van der Waals surface area contributed by atoms with Crippen molar-refractivity contribution in [3.05, 3.63) is 34.9 Å². The van der Waals surface area contributed by atoms with Gasteiger partial charge in [0, 0.05) is 24.4 Å². The number of rotatable bonds is 11. The lowest BCUT2D eigenvalue weighted by molar-refractivity contribution is -0.127. The summed E-state index contributed by atoms with van der Waals surface area (Å²) in [5.41, 5.74) is 0.942. The van der Waals surface area contributed by atoms with E-state index in [4.69, 9.17) is 16.6 Å². The number of nitrogens with one attached hydrogen (secondary N) is 1. The quantitative estimate of drug-likeness (QED) is 0.453. The van der Waals surface area contributed by atoms with Crippen LogP contribution in [0.25, 0.3) is 0 Å². The third kappa shape index (κ3) is 6.16. The number of amidine groups is 1. The first-order valence-electron chi connectivity index (χ1n) is 11.3. The fourth-order valence-corrected chi connectivity index (χ4v) is 5.25. The highest BCUT2D eigenvalue weighted by Crippen LogP contribution is 2.31. The van der Waals surface area contributed by atoms with Crippen molar-refractivity contribution in [2.75, 3.05) is 12.8 Å². The Bertz CT molecular complexity index is 804. The average molecular weight is 465 g/mol. The summed E-state index contributed by atoms with van der Waals surface area (Å²) in [7, 11) is 1.68. The second kappa shape index (κ2) is 11.8. The van der Waals surface area contributed by atoms with Crippen LogP contribution in [0.2, 0.25) is 5.02 Å². The third-order valence-corrected chi connectivity index (χ3v) is 7.31. The Hall–Kier alpha value is -1.73. The van der Waals surface area contributed by atoms with E-state index in [0.29, 0.717) is 11.6 Å². The number of halogens is 1. The van der Waals surface area contributed by atoms with Gasteiger partial charge in [0.05, 0.1) is 0 Å². The van der Waals surface area contributed by atoms with Gasteiger partial charge in [0.25, 0.3) is 5.91 Å². The van der Waals surface area contributed by atoms with Crippen LogP contribution >= 0.6 is 23.4 Å². The second-order valence-electron chi connectivity index (χ2n) is 8.22. The highest BCUT2D eigenvalue weighted by atomic mass is 35.5. The lowest BCUT2D eigenvalue weighted by Gasteiger charge is -2.36. The molecule has 1 aromatic rings. The summed E-state index contributed by atoms with van der Waals surface area (Å²) in [5.74, 6) is 0.650. The number of carbonyl (C=O) groups excluding carboxylic acids is 2. The molecular weight excluding hydrogens is 432 g/mol. The number of thioether (sulfide) groups is 1. The lowest BCUT2D eigenvalue weighted by Crippen LogP contribution is -2.63. The maximum Gasteiger partial charge on any atom is 0.325 e. The van der Waals surface area contributed by atoms with Gasteiger partial charge in [-0.25, -0.2) is 9.79 Å². The van der Waals surface area contributed by atoms with Crippen LogP contribution in [0.1, 0.15) is 63.9 Å². The number of likely N-dealkylation sites (N-methyl/N-ethyl adjacent to an activating group) is 1. The summed E-state index contributed by atoms with van der Waals surface area (Å²) >= 11 is 8.06. The number of aliphatic imine (C=N–C) groups is 1. The molecule has 3 amide bonds. The summed E-state index contributed by atoms with van der Waals surface area (Å²) in [5, 5.41) is 3.93. The summed E-state index contributed by atoms with van der Waals surface area (Å²) < 4.78 is 0. The van der Waals surface area contributed by atoms with Crippen molar-refractivity contribution in [3.63, 3.8) is 0 Å². The predicted molar refractivity (Wildman–Crippen MR) is 128 cm³/mol. The molecule has 31 heavy (non-hydrogen) atoms. The fraction of sp³-hybridized carbons (Fsp3) is 0.609. The summed E-state index contributed by atoms with van der Waals surface area (Å²) in [6.45, 7) is 2.73. The van der Waals surface area contributed by atoms with Gasteiger partial charge in [0.1, 0.15) is 0 Å². The SMILES string of the molecule is CCCCCCCCCCSC1=NC2C(C(=O)NC(=O)N2C)N1Cc1ccccc1Cl. The van der Waals surface area contributed by atoms with Crippen LogP contribution in [0, 0.1) is 0 Å². The Morgan fingerprint density at radius 3 is 2.45 bits per heavy atom. The first-order valence-corrected chi connectivity index (χ1v) is 12.7. The van der Waals surface area contributed by atoms with Gasteiger partial charge < -0.3 is 9.80 Å². The Morgan fingerprint density at radius 2 is 1.74 bits per heavy atom. The zero-order chi connectivity index (χ0) is 22.2. The maximum atomic E-state index is 12.7. The topological polar surface area (TPSA) is 65.0 Å². The number of unbranched alkanes of at least 4 members (excludes halogenated alkanes) is 7. The molecule has 2 heterocycles. The van der Waals surface area contributed by atoms with Crippen molar-refractivity contribution < 1.29 is 9.59 Å². The molecule has 2 aliphatic heterocycles. The van der Waals surface area contributed by atoms with Crippen molar-refractivity contribution in [3.8, 4) is 0 Å². The third-order valence-electron chi connectivity index (χ3n) is 5.85. The Morgan fingerprint density at radius 1 is 1.06 bits per heavy atom. The van der Waals surface area contributed by atoms with Gasteiger partial charge in [-0.1, -0.05) is 93.4 Å². The van der Waals surface area contributed by atoms with Gasteiger partial charge in [0.2, 0.25) is 0 Å². The first-order chi connectivity index (χ1) is 15.0. The average Bonchev–Trinajstić information content (AvgIpc) is 3.11. The van der Waals surface area contributed by atoms with Gasteiger partial charge in [-0.05, 0) is 18.1 Å². The van der Waals surface area contributed by atoms with Gasteiger partial charge >= 0.3 is 6.03 Å². The molecule has 0 spiro atoms. The smallest absolute Gasteiger partial charge is 0.325 e. The van der Waals surface area contributed by atoms with Crippen LogP contribution in [0.4, 0.5) is 4.79 Å². The van der Waals surface area contributed by atoms with E-state index >= 15 is 0 Å². The molecule has 1 aromatic carbocycles. The van der Waals surface area contributed by atoms with Crippen molar-refractivity contribution >= 4 is 40.5 Å². The minimum atomic E-state index is -0.528. The normalized spacial score (nSPS) is 20.7. The molecular formula is C23H33ClN4O2S. The van der Waals surface area contributed by atoms with Gasteiger partial charge in [-0.3, -0.25) is 10.1 Å². The first kappa shape index (κ1) is 23.9. The number of nitrogens with zero attached hydrogens (tertiary/aromatic N) is 3. The molecule has 0 bridgehead atoms. The van der Waals surface area contributed by atoms with Crippen molar-refractivity contribution in [1.82, 2.24) is 15.1 Å². The highest BCUT2D eigenvalue weighted by Gasteiger charge is 2.48. The second-order valence-corrected chi connectivity index (χ2v) is 9.69. The highest BCUT2D eigenvalue weighted by molar-refractivity contribution is 8.13. The van der Waals surface area contributed by atoms with E-state index in [1.165, 1.54) is 49.8 Å². The largest absolute Gasteiger partial charge is 0.331 e. The predicted octanol–water partition coefficient (Wildman–Crippen LogP) is 5.26. The molecule has 2 atom stereocenters. The van der Waals surface area contributed by atoms with E-state index in [0.717, 1.165) is 22.9 Å². The van der Waals surface area contributed by atoms with E-state index in [2.05, 4.69) is 12.2 Å². The molecule has 0 radical (unpaired) electrons. The minimum absolute atomic E-state index is 0.299. The van der Waals surface area contributed by atoms with E-state index in [1.807, 2.05) is 29.2 Å². The molecule has 6 nitrogen and oxygen atoms in total. The molecule has 1 N–H and O–H groups in total. The van der Waals surface area contributed by atoms with Crippen LogP contribution in [0.15, 0.2) is 29.3 Å². The number of benzene rings is 1. The standard InChI is InChI=1S/C23H33ClN4O2S/c1-3-4-5-6-7-8-9-12-15-31-23-25-20-19(21(29)26-22(30)27(20)2)28(23)16-17-13-10-11-14-18(17)24/h10-11,13-14,19-20H,3-9,12,15-16H2,1-2H3,(H,26,29,30). The summed E-state index contributed by atoms with van der Waals surface area (Å²) in [6.07, 6.45) is 9.70. The molecule has 0 aromatic heterocycles. The van der Waals surface area contributed by atoms with E-state index in [-0.39, 0.29) is 5.91 Å². The van der Waals surface area contributed by atoms with Crippen LogP contribution in [0.3, 0.4) is 0 Å². The van der Waals surface area contributed by atoms with Crippen LogP contribution < -0.4 is 5.32 Å². The minimum Gasteiger partial charge on any atom is -0.331 e. The van der Waals surface area contributed by atoms with E-state index < -0.39 is 18.2 Å². The van der Waals surface area contributed by atoms with Gasteiger partial charge in [-0.15, -0.1) is 0 Å². The molecule has 8 heteroatoms. The number of hydrogen-bond acceptors (Lipinski definition) is 5. The number of urea groups is 1. The molecule has 0 saturated carbocycles. The zero-order valence-corrected chi connectivity index (χ0v) is 20.1. The maximum absolute atomic E-state index is 12.7. The molecule has 1 fully saturated rings. The molecule has 1 saturated heterocycles. The monoisotopic (exact) mass is 464 g/mol. The zero-order valence-electron chi connectivity index (χ0n) is 18.5. The number of amides is 3. The molecule has 170 valence electrons. The Labute approximate surface area is 194 Å². The van der Waals surface area contributed by atoms with Gasteiger partial charge in [-0.2, -0.15) is 0 Å². The van der Waals surface area contributed by atoms with E-state index in [9.17, 15) is 9.59 Å². The van der Waals surface area contributed by atoms with Crippen LogP contribution in [0.5, 0.6) is 0 Å².